The number of rotatable bonds is 6. The lowest BCUT2D eigenvalue weighted by molar-refractivity contribution is 0.0898. The van der Waals surface area contributed by atoms with Crippen LogP contribution >= 0.6 is 11.6 Å². The van der Waals surface area contributed by atoms with Crippen molar-refractivity contribution in [1.82, 2.24) is 9.55 Å². The number of hydrogen-bond donors (Lipinski definition) is 0. The van der Waals surface area contributed by atoms with E-state index in [4.69, 9.17) is 21.1 Å². The molecule has 5 nitrogen and oxygen atoms in total. The number of aromatic nitrogens is 2. The topological polar surface area (TPSA) is 39.5 Å². The van der Waals surface area contributed by atoms with E-state index in [1.54, 1.807) is 0 Å². The fourth-order valence-corrected chi connectivity index (χ4v) is 4.02. The van der Waals surface area contributed by atoms with Crippen LogP contribution in [0.5, 0.6) is 0 Å². The fourth-order valence-electron chi connectivity index (χ4n) is 3.08. The van der Waals surface area contributed by atoms with E-state index in [0.717, 1.165) is 49.1 Å². The van der Waals surface area contributed by atoms with Crippen LogP contribution in [0.1, 0.15) is 6.92 Å². The summed E-state index contributed by atoms with van der Waals surface area (Å²) < 4.78 is 13.5. The summed E-state index contributed by atoms with van der Waals surface area (Å²) in [6.07, 6.45) is 2.04. The van der Waals surface area contributed by atoms with Crippen LogP contribution in [0.25, 0.3) is 11.0 Å². The Bertz CT molecular complexity index is 729. The molecule has 1 fully saturated rings. The SMILES string of the molecule is C[C@@H]1COCCN1c1cc(Cl)nc2c1ccn2COCC[Si](C)(C)C. The van der Waals surface area contributed by atoms with Crippen molar-refractivity contribution >= 4 is 36.4 Å². The van der Waals surface area contributed by atoms with Crippen molar-refractivity contribution in [1.29, 1.82) is 0 Å². The summed E-state index contributed by atoms with van der Waals surface area (Å²) in [6, 6.07) is 5.56. The van der Waals surface area contributed by atoms with Crippen molar-refractivity contribution in [2.45, 2.75) is 45.4 Å². The molecule has 0 aromatic carbocycles. The Balaban J connectivity index is 1.80. The molecule has 3 rings (SSSR count). The standard InChI is InChI=1S/C18H28ClN3O2Si/c1-14-12-23-8-7-22(14)16-11-17(19)20-18-15(16)5-6-21(18)13-24-9-10-25(2,3)4/h5-6,11,14H,7-10,12-13H2,1-4H3/t14-/m1/s1. The molecule has 0 N–H and O–H groups in total. The van der Waals surface area contributed by atoms with E-state index < -0.39 is 8.07 Å². The van der Waals surface area contributed by atoms with Gasteiger partial charge in [-0.3, -0.25) is 0 Å². The molecule has 0 unspecified atom stereocenters. The van der Waals surface area contributed by atoms with E-state index in [2.05, 4.69) is 42.5 Å². The van der Waals surface area contributed by atoms with Gasteiger partial charge in [0.25, 0.3) is 0 Å². The van der Waals surface area contributed by atoms with Gasteiger partial charge in [0.05, 0.1) is 18.9 Å². The summed E-state index contributed by atoms with van der Waals surface area (Å²) in [5.74, 6) is 0. The molecule has 0 spiro atoms. The molecular formula is C18H28ClN3O2Si. The van der Waals surface area contributed by atoms with Crippen LogP contribution in [0.2, 0.25) is 30.8 Å². The first kappa shape index (κ1) is 18.7. The second-order valence-electron chi connectivity index (χ2n) is 7.95. The Labute approximate surface area is 155 Å². The maximum absolute atomic E-state index is 6.32. The number of nitrogens with zero attached hydrogens (tertiary/aromatic N) is 3. The minimum absolute atomic E-state index is 0.326. The number of morpholine rings is 1. The molecule has 2 aromatic heterocycles. The van der Waals surface area contributed by atoms with E-state index >= 15 is 0 Å². The van der Waals surface area contributed by atoms with Gasteiger partial charge < -0.3 is 18.9 Å². The molecule has 138 valence electrons. The van der Waals surface area contributed by atoms with E-state index in [9.17, 15) is 0 Å². The zero-order valence-corrected chi connectivity index (χ0v) is 17.3. The third-order valence-corrected chi connectivity index (χ3v) is 6.48. The number of pyridine rings is 1. The average molecular weight is 382 g/mol. The number of halogens is 1. The van der Waals surface area contributed by atoms with Gasteiger partial charge in [-0.2, -0.15) is 0 Å². The van der Waals surface area contributed by atoms with E-state index in [0.29, 0.717) is 17.9 Å². The minimum Gasteiger partial charge on any atom is -0.377 e. The van der Waals surface area contributed by atoms with Gasteiger partial charge in [0.1, 0.15) is 17.5 Å². The Morgan fingerprint density at radius 2 is 2.20 bits per heavy atom. The average Bonchev–Trinajstić information content (AvgIpc) is 2.93. The van der Waals surface area contributed by atoms with Gasteiger partial charge >= 0.3 is 0 Å². The van der Waals surface area contributed by atoms with Gasteiger partial charge in [0, 0.05) is 38.9 Å². The van der Waals surface area contributed by atoms with Crippen LogP contribution in [0.4, 0.5) is 5.69 Å². The lowest BCUT2D eigenvalue weighted by Crippen LogP contribution is -2.43. The van der Waals surface area contributed by atoms with Gasteiger partial charge in [-0.25, -0.2) is 4.98 Å². The summed E-state index contributed by atoms with van der Waals surface area (Å²) >= 11 is 6.32. The van der Waals surface area contributed by atoms with Crippen molar-refractivity contribution in [3.05, 3.63) is 23.5 Å². The normalized spacial score (nSPS) is 18.9. The van der Waals surface area contributed by atoms with Crippen LogP contribution in [0.3, 0.4) is 0 Å². The highest BCUT2D eigenvalue weighted by Gasteiger charge is 2.22. The van der Waals surface area contributed by atoms with Crippen LogP contribution < -0.4 is 4.90 Å². The first-order chi connectivity index (χ1) is 11.8. The van der Waals surface area contributed by atoms with E-state index in [1.165, 1.54) is 0 Å². The summed E-state index contributed by atoms with van der Waals surface area (Å²) in [4.78, 5) is 6.90. The smallest absolute Gasteiger partial charge is 0.145 e. The molecule has 25 heavy (non-hydrogen) atoms. The molecule has 1 aliphatic heterocycles. The van der Waals surface area contributed by atoms with Crippen molar-refractivity contribution in [2.75, 3.05) is 31.3 Å². The van der Waals surface area contributed by atoms with E-state index in [1.807, 2.05) is 16.8 Å². The van der Waals surface area contributed by atoms with Gasteiger partial charge in [0.15, 0.2) is 0 Å². The van der Waals surface area contributed by atoms with Gasteiger partial charge in [-0.05, 0) is 25.1 Å². The molecule has 0 aliphatic carbocycles. The quantitative estimate of drug-likeness (QED) is 0.426. The summed E-state index contributed by atoms with van der Waals surface area (Å²) in [5, 5.41) is 1.63. The predicted octanol–water partition coefficient (Wildman–Crippen LogP) is 4.23. The zero-order chi connectivity index (χ0) is 18.0. The van der Waals surface area contributed by atoms with Crippen molar-refractivity contribution in [3.8, 4) is 0 Å². The first-order valence-corrected chi connectivity index (χ1v) is 13.0. The monoisotopic (exact) mass is 381 g/mol. The molecule has 3 heterocycles. The van der Waals surface area contributed by atoms with Crippen LogP contribution in [-0.4, -0.2) is 50.0 Å². The molecule has 0 bridgehead atoms. The zero-order valence-electron chi connectivity index (χ0n) is 15.6. The third kappa shape index (κ3) is 4.56. The molecule has 7 heteroatoms. The Morgan fingerprint density at radius 1 is 1.40 bits per heavy atom. The Kier molecular flexibility index (Phi) is 5.73. The number of ether oxygens (including phenoxy) is 2. The van der Waals surface area contributed by atoms with Crippen LogP contribution in [-0.2, 0) is 16.2 Å². The summed E-state index contributed by atoms with van der Waals surface area (Å²) in [7, 11) is -1.07. The lowest BCUT2D eigenvalue weighted by Gasteiger charge is -2.35. The van der Waals surface area contributed by atoms with Gasteiger partial charge in [0.2, 0.25) is 0 Å². The predicted molar refractivity (Wildman–Crippen MR) is 106 cm³/mol. The number of hydrogen-bond acceptors (Lipinski definition) is 4. The van der Waals surface area contributed by atoms with Crippen LogP contribution in [0.15, 0.2) is 18.3 Å². The molecule has 1 atom stereocenters. The van der Waals surface area contributed by atoms with Crippen molar-refractivity contribution in [3.63, 3.8) is 0 Å². The van der Waals surface area contributed by atoms with E-state index in [-0.39, 0.29) is 0 Å². The highest BCUT2D eigenvalue weighted by Crippen LogP contribution is 2.31. The largest absolute Gasteiger partial charge is 0.377 e. The molecule has 0 saturated carbocycles. The third-order valence-electron chi connectivity index (χ3n) is 4.58. The molecule has 1 saturated heterocycles. The van der Waals surface area contributed by atoms with Crippen molar-refractivity contribution in [2.24, 2.45) is 0 Å². The van der Waals surface area contributed by atoms with Crippen molar-refractivity contribution < 1.29 is 9.47 Å². The molecule has 0 radical (unpaired) electrons. The number of fused-ring (bicyclic) bond motifs is 1. The van der Waals surface area contributed by atoms with Crippen LogP contribution in [0, 0.1) is 0 Å². The Morgan fingerprint density at radius 3 is 2.92 bits per heavy atom. The number of anilines is 1. The highest BCUT2D eigenvalue weighted by atomic mass is 35.5. The Hall–Kier alpha value is -1.08. The molecule has 2 aromatic rings. The second-order valence-corrected chi connectivity index (χ2v) is 14.0. The van der Waals surface area contributed by atoms with Gasteiger partial charge in [-0.15, -0.1) is 0 Å². The second kappa shape index (κ2) is 7.66. The molecule has 0 amide bonds. The summed E-state index contributed by atoms with van der Waals surface area (Å²) in [5.41, 5.74) is 2.01. The maximum atomic E-state index is 6.32. The lowest BCUT2D eigenvalue weighted by atomic mass is 10.2. The molecular weight excluding hydrogens is 354 g/mol. The molecule has 1 aliphatic rings. The first-order valence-electron chi connectivity index (χ1n) is 8.93. The fraction of sp³-hybridized carbons (Fsp3) is 0.611. The highest BCUT2D eigenvalue weighted by molar-refractivity contribution is 6.76. The minimum atomic E-state index is -1.07. The summed E-state index contributed by atoms with van der Waals surface area (Å²) in [6.45, 7) is 12.9. The van der Waals surface area contributed by atoms with Gasteiger partial charge in [-0.1, -0.05) is 31.2 Å². The maximum Gasteiger partial charge on any atom is 0.145 e.